The lowest BCUT2D eigenvalue weighted by Crippen LogP contribution is -2.10. The smallest absolute Gasteiger partial charge is 0.191 e. The molecule has 0 unspecified atom stereocenters. The first-order valence-corrected chi connectivity index (χ1v) is 5.77. The number of aromatic amines is 1. The van der Waals surface area contributed by atoms with E-state index in [1.165, 1.54) is 19.3 Å². The van der Waals surface area contributed by atoms with Crippen LogP contribution < -0.4 is 0 Å². The SMILES string of the molecule is c1csc(-c2n[nH]c(C3CCC3)n2)c1. The van der Waals surface area contributed by atoms with Gasteiger partial charge in [-0.3, -0.25) is 5.10 Å². The number of hydrogen-bond acceptors (Lipinski definition) is 3. The molecule has 0 aliphatic heterocycles. The standard InChI is InChI=1S/C10H11N3S/c1-3-7(4-1)9-11-10(13-12-9)8-5-2-6-14-8/h2,5-7H,1,3-4H2,(H,11,12,13). The summed E-state index contributed by atoms with van der Waals surface area (Å²) in [6.45, 7) is 0. The van der Waals surface area contributed by atoms with Crippen molar-refractivity contribution in [2.45, 2.75) is 25.2 Å². The van der Waals surface area contributed by atoms with Crippen LogP contribution in [0.3, 0.4) is 0 Å². The lowest BCUT2D eigenvalue weighted by Gasteiger charge is -2.22. The first-order chi connectivity index (χ1) is 6.93. The largest absolute Gasteiger partial charge is 0.262 e. The molecule has 1 aliphatic carbocycles. The number of hydrogen-bond donors (Lipinski definition) is 1. The number of aromatic nitrogens is 3. The maximum absolute atomic E-state index is 4.52. The maximum atomic E-state index is 4.52. The van der Waals surface area contributed by atoms with Crippen molar-refractivity contribution in [3.63, 3.8) is 0 Å². The summed E-state index contributed by atoms with van der Waals surface area (Å²) in [5.41, 5.74) is 0. The minimum absolute atomic E-state index is 0.635. The molecule has 1 aliphatic rings. The van der Waals surface area contributed by atoms with Crippen LogP contribution in [0.1, 0.15) is 31.0 Å². The average molecular weight is 205 g/mol. The molecule has 0 radical (unpaired) electrons. The third-order valence-electron chi connectivity index (χ3n) is 2.74. The Morgan fingerprint density at radius 3 is 3.00 bits per heavy atom. The Morgan fingerprint density at radius 2 is 2.36 bits per heavy atom. The molecule has 2 heterocycles. The highest BCUT2D eigenvalue weighted by Gasteiger charge is 2.23. The lowest BCUT2D eigenvalue weighted by atomic mass is 9.85. The molecule has 0 amide bonds. The molecule has 0 saturated heterocycles. The topological polar surface area (TPSA) is 41.6 Å². The van der Waals surface area contributed by atoms with Gasteiger partial charge in [0.25, 0.3) is 0 Å². The van der Waals surface area contributed by atoms with Crippen molar-refractivity contribution in [3.05, 3.63) is 23.3 Å². The Morgan fingerprint density at radius 1 is 1.43 bits per heavy atom. The molecule has 1 N–H and O–H groups in total. The van der Waals surface area contributed by atoms with Gasteiger partial charge in [-0.1, -0.05) is 12.5 Å². The lowest BCUT2D eigenvalue weighted by molar-refractivity contribution is 0.402. The Kier molecular flexibility index (Phi) is 1.87. The quantitative estimate of drug-likeness (QED) is 0.819. The predicted octanol–water partition coefficient (Wildman–Crippen LogP) is 2.80. The second-order valence-electron chi connectivity index (χ2n) is 3.65. The van der Waals surface area contributed by atoms with Gasteiger partial charge in [-0.05, 0) is 24.3 Å². The highest BCUT2D eigenvalue weighted by Crippen LogP contribution is 2.35. The van der Waals surface area contributed by atoms with E-state index in [1.807, 2.05) is 6.07 Å². The normalized spacial score (nSPS) is 16.9. The van der Waals surface area contributed by atoms with Crippen LogP contribution in [0.2, 0.25) is 0 Å². The third-order valence-corrected chi connectivity index (χ3v) is 3.60. The van der Waals surface area contributed by atoms with Crippen LogP contribution in [0.15, 0.2) is 17.5 Å². The first-order valence-electron chi connectivity index (χ1n) is 4.89. The van der Waals surface area contributed by atoms with Crippen LogP contribution >= 0.6 is 11.3 Å². The van der Waals surface area contributed by atoms with Crippen molar-refractivity contribution >= 4 is 11.3 Å². The highest BCUT2D eigenvalue weighted by molar-refractivity contribution is 7.13. The van der Waals surface area contributed by atoms with Crippen molar-refractivity contribution in [1.82, 2.24) is 15.2 Å². The molecule has 2 aromatic rings. The number of nitrogens with zero attached hydrogens (tertiary/aromatic N) is 2. The zero-order valence-electron chi connectivity index (χ0n) is 7.73. The van der Waals surface area contributed by atoms with Crippen LogP contribution in [0.5, 0.6) is 0 Å². The van der Waals surface area contributed by atoms with Gasteiger partial charge in [-0.2, -0.15) is 5.10 Å². The van der Waals surface area contributed by atoms with Gasteiger partial charge in [0.1, 0.15) is 5.82 Å². The average Bonchev–Trinajstić information content (AvgIpc) is 2.65. The Hall–Kier alpha value is -1.16. The number of H-pyrrole nitrogens is 1. The molecular formula is C10H11N3S. The molecule has 14 heavy (non-hydrogen) atoms. The minimum atomic E-state index is 0.635. The van der Waals surface area contributed by atoms with Crippen molar-refractivity contribution in [3.8, 4) is 10.7 Å². The van der Waals surface area contributed by atoms with Crippen molar-refractivity contribution < 1.29 is 0 Å². The second kappa shape index (κ2) is 3.20. The summed E-state index contributed by atoms with van der Waals surface area (Å²) in [7, 11) is 0. The summed E-state index contributed by atoms with van der Waals surface area (Å²) in [5, 5.41) is 9.33. The number of rotatable bonds is 2. The molecule has 4 heteroatoms. The van der Waals surface area contributed by atoms with Crippen LogP contribution in [0.25, 0.3) is 10.7 Å². The van der Waals surface area contributed by atoms with Gasteiger partial charge in [0.05, 0.1) is 4.88 Å². The molecule has 2 aromatic heterocycles. The Balaban J connectivity index is 1.90. The fourth-order valence-corrected chi connectivity index (χ4v) is 2.31. The summed E-state index contributed by atoms with van der Waals surface area (Å²) in [5.74, 6) is 2.55. The predicted molar refractivity (Wildman–Crippen MR) is 56.3 cm³/mol. The Bertz CT molecular complexity index is 414. The van der Waals surface area contributed by atoms with Crippen LogP contribution in [-0.2, 0) is 0 Å². The minimum Gasteiger partial charge on any atom is -0.262 e. The number of thiophene rings is 1. The van der Waals surface area contributed by atoms with E-state index < -0.39 is 0 Å². The Labute approximate surface area is 86.2 Å². The summed E-state index contributed by atoms with van der Waals surface area (Å²) in [6.07, 6.45) is 3.86. The van der Waals surface area contributed by atoms with Crippen LogP contribution in [-0.4, -0.2) is 15.2 Å². The third kappa shape index (κ3) is 1.26. The van der Waals surface area contributed by atoms with E-state index in [0.29, 0.717) is 5.92 Å². The molecular weight excluding hydrogens is 194 g/mol. The maximum Gasteiger partial charge on any atom is 0.191 e. The van der Waals surface area contributed by atoms with Gasteiger partial charge < -0.3 is 0 Å². The number of nitrogens with one attached hydrogen (secondary N) is 1. The molecule has 0 atom stereocenters. The van der Waals surface area contributed by atoms with Crippen LogP contribution in [0.4, 0.5) is 0 Å². The van der Waals surface area contributed by atoms with Gasteiger partial charge >= 0.3 is 0 Å². The van der Waals surface area contributed by atoms with Crippen molar-refractivity contribution in [2.24, 2.45) is 0 Å². The molecule has 1 fully saturated rings. The van der Waals surface area contributed by atoms with Gasteiger partial charge in [-0.25, -0.2) is 4.98 Å². The monoisotopic (exact) mass is 205 g/mol. The molecule has 1 saturated carbocycles. The first kappa shape index (κ1) is 8.17. The van der Waals surface area contributed by atoms with Crippen molar-refractivity contribution in [1.29, 1.82) is 0 Å². The van der Waals surface area contributed by atoms with E-state index >= 15 is 0 Å². The summed E-state index contributed by atoms with van der Waals surface area (Å²) in [6, 6.07) is 4.08. The molecule has 3 nitrogen and oxygen atoms in total. The molecule has 0 spiro atoms. The summed E-state index contributed by atoms with van der Waals surface area (Å²) in [4.78, 5) is 5.66. The summed E-state index contributed by atoms with van der Waals surface area (Å²) >= 11 is 1.68. The molecule has 0 bridgehead atoms. The van der Waals surface area contributed by atoms with E-state index in [1.54, 1.807) is 11.3 Å². The zero-order chi connectivity index (χ0) is 9.38. The highest BCUT2D eigenvalue weighted by atomic mass is 32.1. The van der Waals surface area contributed by atoms with Gasteiger partial charge in [0, 0.05) is 5.92 Å². The van der Waals surface area contributed by atoms with Crippen molar-refractivity contribution in [2.75, 3.05) is 0 Å². The van der Waals surface area contributed by atoms with E-state index in [0.717, 1.165) is 16.5 Å². The van der Waals surface area contributed by atoms with Gasteiger partial charge in [0.15, 0.2) is 5.82 Å². The summed E-state index contributed by atoms with van der Waals surface area (Å²) < 4.78 is 0. The molecule has 0 aromatic carbocycles. The van der Waals surface area contributed by atoms with E-state index in [2.05, 4.69) is 26.6 Å². The van der Waals surface area contributed by atoms with Gasteiger partial charge in [0.2, 0.25) is 0 Å². The zero-order valence-corrected chi connectivity index (χ0v) is 8.55. The van der Waals surface area contributed by atoms with E-state index in [-0.39, 0.29) is 0 Å². The molecule has 72 valence electrons. The fourth-order valence-electron chi connectivity index (χ4n) is 1.65. The van der Waals surface area contributed by atoms with E-state index in [4.69, 9.17) is 0 Å². The van der Waals surface area contributed by atoms with Crippen LogP contribution in [0, 0.1) is 0 Å². The second-order valence-corrected chi connectivity index (χ2v) is 4.60. The van der Waals surface area contributed by atoms with E-state index in [9.17, 15) is 0 Å². The van der Waals surface area contributed by atoms with Gasteiger partial charge in [-0.15, -0.1) is 11.3 Å². The fraction of sp³-hybridized carbons (Fsp3) is 0.400. The molecule has 3 rings (SSSR count).